The van der Waals surface area contributed by atoms with Crippen molar-refractivity contribution in [3.63, 3.8) is 0 Å². The van der Waals surface area contributed by atoms with Gasteiger partial charge in [-0.2, -0.15) is 0 Å². The van der Waals surface area contributed by atoms with Gasteiger partial charge in [0, 0.05) is 6.54 Å². The second-order valence-electron chi connectivity index (χ2n) is 3.86. The van der Waals surface area contributed by atoms with Crippen LogP contribution >= 0.6 is 0 Å². The van der Waals surface area contributed by atoms with Gasteiger partial charge >= 0.3 is 0 Å². The smallest absolute Gasteiger partial charge is 0.121 e. The fraction of sp³-hybridized carbons (Fsp3) is 0.500. The van der Waals surface area contributed by atoms with Crippen molar-refractivity contribution in [2.75, 3.05) is 7.05 Å². The minimum Gasteiger partial charge on any atom is -0.507 e. The summed E-state index contributed by atoms with van der Waals surface area (Å²) in [7, 11) is 1.94. The third-order valence-corrected chi connectivity index (χ3v) is 3.09. The van der Waals surface area contributed by atoms with Crippen LogP contribution < -0.4 is 5.32 Å². The molecule has 0 aliphatic heterocycles. The average Bonchev–Trinajstić information content (AvgIpc) is 2.19. The first-order valence-corrected chi connectivity index (χ1v) is 4.93. The van der Waals surface area contributed by atoms with Gasteiger partial charge in [0.2, 0.25) is 0 Å². The molecule has 2 N–H and O–H groups in total. The average molecular weight is 193 g/mol. The van der Waals surface area contributed by atoms with E-state index >= 15 is 0 Å². The molecule has 0 saturated carbocycles. The highest BCUT2D eigenvalue weighted by molar-refractivity contribution is 5.53. The summed E-state index contributed by atoms with van der Waals surface area (Å²) in [6, 6.07) is 0. The number of phenols is 1. The summed E-state index contributed by atoms with van der Waals surface area (Å²) in [4.78, 5) is 0. The fourth-order valence-corrected chi connectivity index (χ4v) is 1.81. The summed E-state index contributed by atoms with van der Waals surface area (Å²) >= 11 is 0. The maximum absolute atomic E-state index is 9.84. The Hall–Kier alpha value is -1.02. The van der Waals surface area contributed by atoms with Crippen molar-refractivity contribution in [3.8, 4) is 5.75 Å². The third kappa shape index (κ3) is 1.62. The van der Waals surface area contributed by atoms with Gasteiger partial charge in [-0.15, -0.1) is 0 Å². The Kier molecular flexibility index (Phi) is 3.17. The highest BCUT2D eigenvalue weighted by Crippen LogP contribution is 2.31. The molecule has 0 bridgehead atoms. The zero-order chi connectivity index (χ0) is 10.9. The highest BCUT2D eigenvalue weighted by Gasteiger charge is 2.12. The molecule has 0 aliphatic rings. The van der Waals surface area contributed by atoms with Crippen LogP contribution in [0, 0.1) is 27.7 Å². The van der Waals surface area contributed by atoms with E-state index in [1.54, 1.807) is 0 Å². The topological polar surface area (TPSA) is 32.3 Å². The number of rotatable bonds is 2. The Morgan fingerprint density at radius 1 is 0.929 bits per heavy atom. The lowest BCUT2D eigenvalue weighted by molar-refractivity contribution is 0.465. The molecule has 0 aromatic heterocycles. The van der Waals surface area contributed by atoms with Gasteiger partial charge in [0.1, 0.15) is 5.75 Å². The van der Waals surface area contributed by atoms with Gasteiger partial charge in [-0.25, -0.2) is 0 Å². The summed E-state index contributed by atoms with van der Waals surface area (Å²) in [5.74, 6) is 0.444. The van der Waals surface area contributed by atoms with Crippen LogP contribution in [0.2, 0.25) is 0 Å². The summed E-state index contributed by atoms with van der Waals surface area (Å²) in [5, 5.41) is 13.0. The molecule has 0 aliphatic carbocycles. The standard InChI is InChI=1S/C12H19NO/c1-7-9(3)12(14)10(4)8(2)11(7)6-13-5/h13-14H,6H2,1-5H3. The van der Waals surface area contributed by atoms with E-state index in [-0.39, 0.29) is 0 Å². The first kappa shape index (κ1) is 11.1. The normalized spacial score (nSPS) is 10.6. The number of phenolic OH excluding ortho intramolecular Hbond substituents is 1. The van der Waals surface area contributed by atoms with Crippen LogP contribution in [0.5, 0.6) is 5.75 Å². The lowest BCUT2D eigenvalue weighted by Gasteiger charge is -2.16. The molecule has 0 amide bonds. The summed E-state index contributed by atoms with van der Waals surface area (Å²) in [5.41, 5.74) is 5.69. The molecule has 0 atom stereocenters. The van der Waals surface area contributed by atoms with E-state index in [2.05, 4.69) is 19.2 Å². The van der Waals surface area contributed by atoms with Crippen LogP contribution in [0.3, 0.4) is 0 Å². The Morgan fingerprint density at radius 3 is 1.71 bits per heavy atom. The van der Waals surface area contributed by atoms with Crippen LogP contribution in [0.25, 0.3) is 0 Å². The molecule has 0 spiro atoms. The van der Waals surface area contributed by atoms with Crippen molar-refractivity contribution in [1.82, 2.24) is 5.32 Å². The first-order chi connectivity index (χ1) is 6.50. The number of nitrogens with one attached hydrogen (secondary N) is 1. The number of benzene rings is 1. The molecule has 1 aromatic rings. The second-order valence-corrected chi connectivity index (χ2v) is 3.86. The fourth-order valence-electron chi connectivity index (χ4n) is 1.81. The molecular formula is C12H19NO. The molecule has 2 nitrogen and oxygen atoms in total. The molecule has 0 saturated heterocycles. The van der Waals surface area contributed by atoms with Gasteiger partial charge in [0.05, 0.1) is 0 Å². The summed E-state index contributed by atoms with van der Waals surface area (Å²) < 4.78 is 0. The van der Waals surface area contributed by atoms with E-state index in [0.717, 1.165) is 17.7 Å². The van der Waals surface area contributed by atoms with Crippen molar-refractivity contribution in [2.24, 2.45) is 0 Å². The minimum absolute atomic E-state index is 0.444. The lowest BCUT2D eigenvalue weighted by Crippen LogP contribution is -2.10. The van der Waals surface area contributed by atoms with Gasteiger partial charge in [0.25, 0.3) is 0 Å². The van der Waals surface area contributed by atoms with Gasteiger partial charge in [-0.1, -0.05) is 0 Å². The molecule has 0 radical (unpaired) electrons. The maximum Gasteiger partial charge on any atom is 0.121 e. The number of aromatic hydroxyl groups is 1. The van der Waals surface area contributed by atoms with Crippen molar-refractivity contribution in [2.45, 2.75) is 34.2 Å². The molecule has 2 heteroatoms. The van der Waals surface area contributed by atoms with Crippen LogP contribution in [-0.4, -0.2) is 12.2 Å². The Labute approximate surface area is 86.0 Å². The molecular weight excluding hydrogens is 174 g/mol. The van der Waals surface area contributed by atoms with E-state index in [0.29, 0.717) is 5.75 Å². The molecule has 1 aromatic carbocycles. The number of hydrogen-bond acceptors (Lipinski definition) is 2. The van der Waals surface area contributed by atoms with E-state index in [4.69, 9.17) is 0 Å². The second kappa shape index (κ2) is 4.01. The van der Waals surface area contributed by atoms with Crippen molar-refractivity contribution in [1.29, 1.82) is 0 Å². The molecule has 0 heterocycles. The predicted molar refractivity (Wildman–Crippen MR) is 59.8 cm³/mol. The van der Waals surface area contributed by atoms with Crippen LogP contribution in [0.15, 0.2) is 0 Å². The monoisotopic (exact) mass is 193 g/mol. The number of hydrogen-bond donors (Lipinski definition) is 2. The van der Waals surface area contributed by atoms with Crippen molar-refractivity contribution >= 4 is 0 Å². The predicted octanol–water partition coefficient (Wildman–Crippen LogP) is 2.35. The van der Waals surface area contributed by atoms with Crippen molar-refractivity contribution < 1.29 is 5.11 Å². The molecule has 0 fully saturated rings. The third-order valence-electron chi connectivity index (χ3n) is 3.09. The Balaban J connectivity index is 3.43. The van der Waals surface area contributed by atoms with E-state index in [9.17, 15) is 5.11 Å². The van der Waals surface area contributed by atoms with Crippen LogP contribution in [0.4, 0.5) is 0 Å². The largest absolute Gasteiger partial charge is 0.507 e. The van der Waals surface area contributed by atoms with E-state index in [1.165, 1.54) is 16.7 Å². The summed E-state index contributed by atoms with van der Waals surface area (Å²) in [6.45, 7) is 8.93. The maximum atomic E-state index is 9.84. The lowest BCUT2D eigenvalue weighted by atomic mass is 9.93. The zero-order valence-electron chi connectivity index (χ0n) is 9.65. The molecule has 78 valence electrons. The SMILES string of the molecule is CNCc1c(C)c(C)c(O)c(C)c1C. The zero-order valence-corrected chi connectivity index (χ0v) is 9.65. The van der Waals surface area contributed by atoms with Gasteiger partial charge < -0.3 is 10.4 Å². The van der Waals surface area contributed by atoms with E-state index < -0.39 is 0 Å². The van der Waals surface area contributed by atoms with E-state index in [1.807, 2.05) is 20.9 Å². The molecule has 14 heavy (non-hydrogen) atoms. The van der Waals surface area contributed by atoms with Crippen LogP contribution in [-0.2, 0) is 6.54 Å². The van der Waals surface area contributed by atoms with Crippen LogP contribution in [0.1, 0.15) is 27.8 Å². The minimum atomic E-state index is 0.444. The van der Waals surface area contributed by atoms with Crippen molar-refractivity contribution in [3.05, 3.63) is 27.8 Å². The Bertz CT molecular complexity index is 327. The first-order valence-electron chi connectivity index (χ1n) is 4.93. The molecule has 0 unspecified atom stereocenters. The quantitative estimate of drug-likeness (QED) is 0.755. The summed E-state index contributed by atoms with van der Waals surface area (Å²) in [6.07, 6.45) is 0. The highest BCUT2D eigenvalue weighted by atomic mass is 16.3. The van der Waals surface area contributed by atoms with Gasteiger partial charge in [0.15, 0.2) is 0 Å². The van der Waals surface area contributed by atoms with Gasteiger partial charge in [-0.05, 0) is 62.6 Å². The Morgan fingerprint density at radius 2 is 1.36 bits per heavy atom. The van der Waals surface area contributed by atoms with Gasteiger partial charge in [-0.3, -0.25) is 0 Å². The molecule has 1 rings (SSSR count).